The molecule has 0 N–H and O–H groups in total. The molecule has 0 atom stereocenters. The van der Waals surface area contributed by atoms with Crippen molar-refractivity contribution in [3.8, 4) is 6.07 Å². The topological polar surface area (TPSA) is 23.8 Å². The number of nitriles is 1. The van der Waals surface area contributed by atoms with E-state index in [4.69, 9.17) is 5.26 Å². The minimum absolute atomic E-state index is 0.690. The van der Waals surface area contributed by atoms with Crippen LogP contribution in [0.15, 0.2) is 30.8 Å². The van der Waals surface area contributed by atoms with Gasteiger partial charge in [0.2, 0.25) is 0 Å². The molecular weight excluding hydrogens is 170 g/mol. The van der Waals surface area contributed by atoms with Gasteiger partial charge >= 0.3 is 0 Å². The molecule has 1 aromatic rings. The van der Waals surface area contributed by atoms with Gasteiger partial charge < -0.3 is 0 Å². The van der Waals surface area contributed by atoms with Crippen molar-refractivity contribution < 1.29 is 0 Å². The number of hydrogen-bond acceptors (Lipinski definition) is 1. The Bertz CT molecular complexity index is 314. The first-order chi connectivity index (χ1) is 6.65. The Balaban J connectivity index is 0.000000500. The van der Waals surface area contributed by atoms with Crippen molar-refractivity contribution in [1.82, 2.24) is 0 Å². The zero-order chi connectivity index (χ0) is 11.0. The normalized spacial score (nSPS) is 8.14. The van der Waals surface area contributed by atoms with Crippen LogP contribution in [0.3, 0.4) is 0 Å². The van der Waals surface area contributed by atoms with E-state index in [1.807, 2.05) is 19.1 Å². The van der Waals surface area contributed by atoms with Crippen LogP contribution in [0, 0.1) is 11.3 Å². The minimum Gasteiger partial charge on any atom is -0.192 e. The first-order valence-corrected chi connectivity index (χ1v) is 4.81. The van der Waals surface area contributed by atoms with Crippen molar-refractivity contribution in [2.24, 2.45) is 0 Å². The summed E-state index contributed by atoms with van der Waals surface area (Å²) in [6.45, 7) is 9.99. The summed E-state index contributed by atoms with van der Waals surface area (Å²) in [5, 5.41) is 8.49. The van der Waals surface area contributed by atoms with Gasteiger partial charge in [0.05, 0.1) is 11.6 Å². The lowest BCUT2D eigenvalue weighted by Gasteiger charge is -1.96. The summed E-state index contributed by atoms with van der Waals surface area (Å²) < 4.78 is 0. The van der Waals surface area contributed by atoms with Crippen molar-refractivity contribution in [2.75, 3.05) is 0 Å². The van der Waals surface area contributed by atoms with Gasteiger partial charge in [-0.2, -0.15) is 5.26 Å². The molecule has 0 aliphatic heterocycles. The standard InChI is InChI=1S/C10H9N.C3H8/c1-8(2)10-5-3-9(7-11)4-6-10;1-3-2/h3-6H,1H2,2H3;3H2,1-2H3. The second-order valence-corrected chi connectivity index (χ2v) is 3.18. The summed E-state index contributed by atoms with van der Waals surface area (Å²) in [7, 11) is 0. The maximum Gasteiger partial charge on any atom is 0.0991 e. The van der Waals surface area contributed by atoms with Crippen LogP contribution in [0.2, 0.25) is 0 Å². The zero-order valence-corrected chi connectivity index (χ0v) is 9.17. The molecule has 0 aliphatic carbocycles. The Kier molecular flexibility index (Phi) is 6.15. The monoisotopic (exact) mass is 187 g/mol. The molecule has 1 aromatic carbocycles. The molecule has 0 aromatic heterocycles. The van der Waals surface area contributed by atoms with E-state index in [-0.39, 0.29) is 0 Å². The number of rotatable bonds is 1. The molecule has 0 bridgehead atoms. The maximum atomic E-state index is 8.49. The second kappa shape index (κ2) is 6.91. The van der Waals surface area contributed by atoms with E-state index in [0.29, 0.717) is 5.56 Å². The number of hydrogen-bond donors (Lipinski definition) is 0. The van der Waals surface area contributed by atoms with E-state index in [1.54, 1.807) is 12.1 Å². The van der Waals surface area contributed by atoms with E-state index in [0.717, 1.165) is 11.1 Å². The zero-order valence-electron chi connectivity index (χ0n) is 9.17. The third-order valence-electron chi connectivity index (χ3n) is 1.51. The molecule has 0 aliphatic rings. The average molecular weight is 187 g/mol. The van der Waals surface area contributed by atoms with E-state index in [1.165, 1.54) is 6.42 Å². The van der Waals surface area contributed by atoms with Crippen molar-refractivity contribution in [2.45, 2.75) is 27.2 Å². The fourth-order valence-electron chi connectivity index (χ4n) is 0.829. The molecular formula is C13H17N. The molecule has 1 heteroatoms. The van der Waals surface area contributed by atoms with Gasteiger partial charge in [0.25, 0.3) is 0 Å². The third-order valence-corrected chi connectivity index (χ3v) is 1.51. The molecule has 74 valence electrons. The van der Waals surface area contributed by atoms with Crippen molar-refractivity contribution >= 4 is 5.57 Å². The van der Waals surface area contributed by atoms with Gasteiger partial charge in [0, 0.05) is 0 Å². The SMILES string of the molecule is C=C(C)c1ccc(C#N)cc1.CCC. The van der Waals surface area contributed by atoms with Crippen LogP contribution in [0.5, 0.6) is 0 Å². The highest BCUT2D eigenvalue weighted by atomic mass is 14.2. The molecule has 0 spiro atoms. The van der Waals surface area contributed by atoms with Crippen molar-refractivity contribution in [3.05, 3.63) is 42.0 Å². The highest BCUT2D eigenvalue weighted by molar-refractivity contribution is 5.61. The minimum atomic E-state index is 0.690. The predicted octanol–water partition coefficient (Wildman–Crippen LogP) is 4.01. The summed E-state index contributed by atoms with van der Waals surface area (Å²) >= 11 is 0. The van der Waals surface area contributed by atoms with Gasteiger partial charge in [-0.3, -0.25) is 0 Å². The molecule has 0 radical (unpaired) electrons. The summed E-state index contributed by atoms with van der Waals surface area (Å²) in [5.41, 5.74) is 2.80. The average Bonchev–Trinajstić information content (AvgIpc) is 2.19. The largest absolute Gasteiger partial charge is 0.192 e. The Morgan fingerprint density at radius 3 is 2.00 bits per heavy atom. The molecule has 14 heavy (non-hydrogen) atoms. The van der Waals surface area contributed by atoms with Crippen LogP contribution in [-0.2, 0) is 0 Å². The lowest BCUT2D eigenvalue weighted by molar-refractivity contribution is 1.09. The van der Waals surface area contributed by atoms with Crippen molar-refractivity contribution in [3.63, 3.8) is 0 Å². The Morgan fingerprint density at radius 2 is 1.71 bits per heavy atom. The van der Waals surface area contributed by atoms with Crippen LogP contribution in [0.1, 0.15) is 38.3 Å². The smallest absolute Gasteiger partial charge is 0.0991 e. The van der Waals surface area contributed by atoms with E-state index < -0.39 is 0 Å². The van der Waals surface area contributed by atoms with E-state index in [2.05, 4.69) is 26.5 Å². The van der Waals surface area contributed by atoms with E-state index in [9.17, 15) is 0 Å². The van der Waals surface area contributed by atoms with Gasteiger partial charge in [-0.1, -0.05) is 44.6 Å². The quantitative estimate of drug-likeness (QED) is 0.651. The molecule has 0 unspecified atom stereocenters. The fourth-order valence-corrected chi connectivity index (χ4v) is 0.829. The van der Waals surface area contributed by atoms with Crippen LogP contribution in [0.4, 0.5) is 0 Å². The number of allylic oxidation sites excluding steroid dienone is 1. The molecule has 0 saturated heterocycles. The number of nitrogens with zero attached hydrogens (tertiary/aromatic N) is 1. The summed E-state index contributed by atoms with van der Waals surface area (Å²) in [6.07, 6.45) is 1.25. The first kappa shape index (κ1) is 12.4. The maximum absolute atomic E-state index is 8.49. The predicted molar refractivity (Wildman–Crippen MR) is 61.8 cm³/mol. The van der Waals surface area contributed by atoms with Gasteiger partial charge in [-0.25, -0.2) is 0 Å². The molecule has 1 rings (SSSR count). The Hall–Kier alpha value is -1.55. The van der Waals surface area contributed by atoms with Gasteiger partial charge in [0.1, 0.15) is 0 Å². The molecule has 0 amide bonds. The summed E-state index contributed by atoms with van der Waals surface area (Å²) in [6, 6.07) is 9.46. The highest BCUT2D eigenvalue weighted by Crippen LogP contribution is 2.11. The van der Waals surface area contributed by atoms with Crippen LogP contribution in [0.25, 0.3) is 5.57 Å². The fraction of sp³-hybridized carbons (Fsp3) is 0.308. The first-order valence-electron chi connectivity index (χ1n) is 4.81. The number of benzene rings is 1. The molecule has 0 saturated carbocycles. The third kappa shape index (κ3) is 4.47. The molecule has 0 fully saturated rings. The van der Waals surface area contributed by atoms with E-state index >= 15 is 0 Å². The molecule has 0 heterocycles. The van der Waals surface area contributed by atoms with Gasteiger partial charge in [0.15, 0.2) is 0 Å². The Labute approximate surface area is 86.7 Å². The highest BCUT2D eigenvalue weighted by Gasteiger charge is 1.92. The Morgan fingerprint density at radius 1 is 1.29 bits per heavy atom. The summed E-state index contributed by atoms with van der Waals surface area (Å²) in [5.74, 6) is 0. The van der Waals surface area contributed by atoms with Crippen LogP contribution < -0.4 is 0 Å². The van der Waals surface area contributed by atoms with Gasteiger partial charge in [-0.05, 0) is 24.6 Å². The van der Waals surface area contributed by atoms with Crippen molar-refractivity contribution in [1.29, 1.82) is 5.26 Å². The lowest BCUT2D eigenvalue weighted by atomic mass is 10.1. The van der Waals surface area contributed by atoms with Gasteiger partial charge in [-0.15, -0.1) is 0 Å². The molecule has 1 nitrogen and oxygen atoms in total. The lowest BCUT2D eigenvalue weighted by Crippen LogP contribution is -1.78. The van der Waals surface area contributed by atoms with Crippen LogP contribution >= 0.6 is 0 Å². The second-order valence-electron chi connectivity index (χ2n) is 3.18. The van der Waals surface area contributed by atoms with Crippen LogP contribution in [-0.4, -0.2) is 0 Å². The summed E-state index contributed by atoms with van der Waals surface area (Å²) in [4.78, 5) is 0.